The van der Waals surface area contributed by atoms with E-state index in [9.17, 15) is 9.59 Å². The molecule has 0 saturated heterocycles. The molecule has 2 unspecified atom stereocenters. The first-order chi connectivity index (χ1) is 18.9. The van der Waals surface area contributed by atoms with Crippen LogP contribution in [0.3, 0.4) is 0 Å². The average molecular weight is 549 g/mol. The molecule has 2 aromatic carbocycles. The van der Waals surface area contributed by atoms with E-state index in [0.29, 0.717) is 36.1 Å². The molecule has 206 valence electrons. The van der Waals surface area contributed by atoms with Crippen molar-refractivity contribution in [2.75, 3.05) is 26.5 Å². The van der Waals surface area contributed by atoms with Gasteiger partial charge in [0, 0.05) is 23.0 Å². The third-order valence-corrected chi connectivity index (χ3v) is 8.68. The van der Waals surface area contributed by atoms with Crippen molar-refractivity contribution >= 4 is 23.2 Å². The standard InChI is InChI=1S/C31H36N2O5S/c1-5-21(4)33(31(35)23-8-11-27-28(16-23)38-19-37-27)17-30(34)32-14-12-29-25(13-15-39-29)26(32)18-36-24-9-6-22(7-10-24)20(2)3/h6-11,13,15-16,20-21,26H,5,12,14,17-19H2,1-4H3. The second-order valence-electron chi connectivity index (χ2n) is 10.4. The van der Waals surface area contributed by atoms with E-state index in [1.54, 1.807) is 34.4 Å². The van der Waals surface area contributed by atoms with E-state index < -0.39 is 0 Å². The number of hydrogen-bond donors (Lipinski definition) is 0. The van der Waals surface area contributed by atoms with Crippen LogP contribution in [0.5, 0.6) is 17.2 Å². The molecule has 7 nitrogen and oxygen atoms in total. The van der Waals surface area contributed by atoms with Gasteiger partial charge >= 0.3 is 0 Å². The third-order valence-electron chi connectivity index (χ3n) is 7.68. The molecule has 2 atom stereocenters. The molecule has 39 heavy (non-hydrogen) atoms. The Morgan fingerprint density at radius 1 is 1.08 bits per heavy atom. The van der Waals surface area contributed by atoms with Crippen molar-refractivity contribution in [2.24, 2.45) is 0 Å². The van der Waals surface area contributed by atoms with Gasteiger partial charge in [0.25, 0.3) is 5.91 Å². The molecule has 0 N–H and O–H groups in total. The molecule has 0 bridgehead atoms. The van der Waals surface area contributed by atoms with Crippen molar-refractivity contribution < 1.29 is 23.8 Å². The largest absolute Gasteiger partial charge is 0.491 e. The van der Waals surface area contributed by atoms with Gasteiger partial charge in [-0.2, -0.15) is 0 Å². The maximum absolute atomic E-state index is 13.9. The van der Waals surface area contributed by atoms with Crippen LogP contribution >= 0.6 is 11.3 Å². The topological polar surface area (TPSA) is 68.3 Å². The lowest BCUT2D eigenvalue weighted by Gasteiger charge is -2.38. The zero-order valence-electron chi connectivity index (χ0n) is 23.0. The number of nitrogens with zero attached hydrogens (tertiary/aromatic N) is 2. The maximum atomic E-state index is 13.9. The maximum Gasteiger partial charge on any atom is 0.254 e. The number of fused-ring (bicyclic) bond motifs is 2. The summed E-state index contributed by atoms with van der Waals surface area (Å²) in [5, 5.41) is 2.08. The summed E-state index contributed by atoms with van der Waals surface area (Å²) in [6, 6.07) is 15.1. The molecule has 0 spiro atoms. The van der Waals surface area contributed by atoms with Crippen LogP contribution in [0.25, 0.3) is 0 Å². The molecule has 2 aliphatic rings. The first kappa shape index (κ1) is 27.1. The van der Waals surface area contributed by atoms with Crippen molar-refractivity contribution in [3.05, 3.63) is 75.5 Å². The summed E-state index contributed by atoms with van der Waals surface area (Å²) in [5.41, 5.74) is 2.88. The zero-order valence-corrected chi connectivity index (χ0v) is 23.8. The van der Waals surface area contributed by atoms with Crippen LogP contribution in [0.4, 0.5) is 0 Å². The predicted molar refractivity (Wildman–Crippen MR) is 152 cm³/mol. The number of carbonyl (C=O) groups excluding carboxylic acids is 2. The molecule has 3 heterocycles. The molecule has 1 aromatic heterocycles. The summed E-state index contributed by atoms with van der Waals surface area (Å²) in [7, 11) is 0. The van der Waals surface area contributed by atoms with Gasteiger partial charge in [0.2, 0.25) is 12.7 Å². The summed E-state index contributed by atoms with van der Waals surface area (Å²) in [4.78, 5) is 32.3. The Morgan fingerprint density at radius 2 is 1.85 bits per heavy atom. The second-order valence-corrected chi connectivity index (χ2v) is 11.4. The highest BCUT2D eigenvalue weighted by Gasteiger charge is 2.34. The molecule has 2 amide bonds. The summed E-state index contributed by atoms with van der Waals surface area (Å²) < 4.78 is 17.1. The highest BCUT2D eigenvalue weighted by Crippen LogP contribution is 2.35. The molecule has 0 fully saturated rings. The van der Waals surface area contributed by atoms with Crippen molar-refractivity contribution in [2.45, 2.75) is 58.5 Å². The minimum absolute atomic E-state index is 0.00133. The summed E-state index contributed by atoms with van der Waals surface area (Å²) in [6.45, 7) is 9.43. The minimum Gasteiger partial charge on any atom is -0.491 e. The number of amides is 2. The number of hydrogen-bond acceptors (Lipinski definition) is 6. The molecule has 0 saturated carbocycles. The molecule has 3 aromatic rings. The highest BCUT2D eigenvalue weighted by molar-refractivity contribution is 7.10. The van der Waals surface area contributed by atoms with Gasteiger partial charge in [-0.05, 0) is 78.6 Å². The van der Waals surface area contributed by atoms with Gasteiger partial charge < -0.3 is 24.0 Å². The lowest BCUT2D eigenvalue weighted by atomic mass is 10.00. The van der Waals surface area contributed by atoms with Crippen LogP contribution in [0, 0.1) is 0 Å². The average Bonchev–Trinajstić information content (AvgIpc) is 3.63. The summed E-state index contributed by atoms with van der Waals surface area (Å²) in [6.07, 6.45) is 1.54. The van der Waals surface area contributed by atoms with E-state index in [1.807, 2.05) is 30.9 Å². The molecular weight excluding hydrogens is 512 g/mol. The van der Waals surface area contributed by atoms with Crippen molar-refractivity contribution in [3.63, 3.8) is 0 Å². The van der Waals surface area contributed by atoms with E-state index in [2.05, 4.69) is 37.4 Å². The molecule has 5 rings (SSSR count). The van der Waals surface area contributed by atoms with Crippen molar-refractivity contribution in [1.29, 1.82) is 0 Å². The minimum atomic E-state index is -0.211. The van der Waals surface area contributed by atoms with Crippen LogP contribution in [0.1, 0.15) is 72.4 Å². The van der Waals surface area contributed by atoms with Gasteiger partial charge in [0.05, 0.1) is 6.04 Å². The second kappa shape index (κ2) is 11.7. The predicted octanol–water partition coefficient (Wildman–Crippen LogP) is 6.05. The SMILES string of the molecule is CCC(C)N(CC(=O)N1CCc2sccc2C1COc1ccc(C(C)C)cc1)C(=O)c1ccc2c(c1)OCO2. The number of thiophene rings is 1. The van der Waals surface area contributed by atoms with E-state index in [0.717, 1.165) is 24.2 Å². The lowest BCUT2D eigenvalue weighted by molar-refractivity contribution is -0.136. The van der Waals surface area contributed by atoms with E-state index >= 15 is 0 Å². The fourth-order valence-electron chi connectivity index (χ4n) is 5.08. The molecular formula is C31H36N2O5S. The van der Waals surface area contributed by atoms with Crippen LogP contribution in [-0.4, -0.2) is 54.1 Å². The zero-order chi connectivity index (χ0) is 27.5. The lowest BCUT2D eigenvalue weighted by Crippen LogP contribution is -2.49. The monoisotopic (exact) mass is 548 g/mol. The third kappa shape index (κ3) is 5.76. The fourth-order valence-corrected chi connectivity index (χ4v) is 6.01. The number of benzene rings is 2. The quantitative estimate of drug-likeness (QED) is 0.326. The van der Waals surface area contributed by atoms with Gasteiger partial charge in [-0.25, -0.2) is 0 Å². The van der Waals surface area contributed by atoms with Gasteiger partial charge in [-0.1, -0.05) is 32.9 Å². The highest BCUT2D eigenvalue weighted by atomic mass is 32.1. The molecule has 2 aliphatic heterocycles. The van der Waals surface area contributed by atoms with E-state index in [1.165, 1.54) is 10.4 Å². The molecule has 8 heteroatoms. The van der Waals surface area contributed by atoms with Crippen LogP contribution in [-0.2, 0) is 11.2 Å². The Bertz CT molecular complexity index is 1320. The Kier molecular flexibility index (Phi) is 8.12. The fraction of sp³-hybridized carbons (Fsp3) is 0.419. The molecule has 0 aliphatic carbocycles. The molecule has 0 radical (unpaired) electrons. The van der Waals surface area contributed by atoms with Crippen molar-refractivity contribution in [3.8, 4) is 17.2 Å². The summed E-state index contributed by atoms with van der Waals surface area (Å²) >= 11 is 1.72. The van der Waals surface area contributed by atoms with Crippen LogP contribution < -0.4 is 14.2 Å². The smallest absolute Gasteiger partial charge is 0.254 e. The first-order valence-electron chi connectivity index (χ1n) is 13.6. The van der Waals surface area contributed by atoms with E-state index in [-0.39, 0.29) is 37.2 Å². The Balaban J connectivity index is 1.34. The van der Waals surface area contributed by atoms with Gasteiger partial charge in [-0.15, -0.1) is 11.3 Å². The number of carbonyl (C=O) groups is 2. The van der Waals surface area contributed by atoms with E-state index in [4.69, 9.17) is 14.2 Å². The Hall–Kier alpha value is -3.52. The van der Waals surface area contributed by atoms with Gasteiger partial charge in [-0.3, -0.25) is 9.59 Å². The van der Waals surface area contributed by atoms with Crippen LogP contribution in [0.15, 0.2) is 53.9 Å². The van der Waals surface area contributed by atoms with Gasteiger partial charge in [0.1, 0.15) is 18.9 Å². The Labute approximate surface area is 234 Å². The normalized spacial score (nSPS) is 16.6. The Morgan fingerprint density at radius 3 is 2.59 bits per heavy atom. The summed E-state index contributed by atoms with van der Waals surface area (Å²) in [5.74, 6) is 2.14. The van der Waals surface area contributed by atoms with Gasteiger partial charge in [0.15, 0.2) is 11.5 Å². The van der Waals surface area contributed by atoms with Crippen LogP contribution in [0.2, 0.25) is 0 Å². The van der Waals surface area contributed by atoms with Crippen molar-refractivity contribution in [1.82, 2.24) is 9.80 Å². The number of ether oxygens (including phenoxy) is 3. The first-order valence-corrected chi connectivity index (χ1v) is 14.5. The number of rotatable bonds is 9.